The minimum Gasteiger partial charge on any atom is -0.507 e. The number of rotatable bonds is 4. The van der Waals surface area contributed by atoms with Gasteiger partial charge in [-0.05, 0) is 37.0 Å². The second kappa shape index (κ2) is 6.62. The molecule has 2 N–H and O–H groups in total. The van der Waals surface area contributed by atoms with E-state index in [2.05, 4.69) is 30.4 Å². The zero-order valence-electron chi connectivity index (χ0n) is 14.7. The molecule has 3 aromatic rings. The summed E-state index contributed by atoms with van der Waals surface area (Å²) >= 11 is 0. The molecule has 2 aliphatic rings. The van der Waals surface area contributed by atoms with Crippen molar-refractivity contribution in [1.82, 2.24) is 25.5 Å². The fraction of sp³-hybridized carbons (Fsp3) is 0.368. The lowest BCUT2D eigenvalue weighted by Gasteiger charge is -2.33. The van der Waals surface area contributed by atoms with Gasteiger partial charge in [0.15, 0.2) is 0 Å². The fourth-order valence-corrected chi connectivity index (χ4v) is 3.56. The largest absolute Gasteiger partial charge is 0.507 e. The Morgan fingerprint density at radius 1 is 1.19 bits per heavy atom. The number of anilines is 1. The highest BCUT2D eigenvalue weighted by atomic mass is 16.3. The van der Waals surface area contributed by atoms with E-state index in [1.165, 1.54) is 19.1 Å². The zero-order chi connectivity index (χ0) is 18.2. The number of aromatic hydroxyl groups is 1. The summed E-state index contributed by atoms with van der Waals surface area (Å²) in [5.41, 5.74) is 1.81. The lowest BCUT2D eigenvalue weighted by Crippen LogP contribution is -2.52. The Bertz CT molecular complexity index is 924. The molecule has 5 rings (SSSR count). The first-order valence-corrected chi connectivity index (χ1v) is 9.19. The number of phenolic OH excluding ortho intramolecular Hbond substituents is 1. The van der Waals surface area contributed by atoms with Gasteiger partial charge in [0.25, 0.3) is 0 Å². The predicted molar refractivity (Wildman–Crippen MR) is 99.2 cm³/mol. The fourth-order valence-electron chi connectivity index (χ4n) is 3.56. The minimum atomic E-state index is 0.0884. The molecule has 8 nitrogen and oxygen atoms in total. The average molecular weight is 364 g/mol. The molecule has 1 aliphatic carbocycles. The molecule has 1 saturated heterocycles. The quantitative estimate of drug-likeness (QED) is 0.726. The number of oxazole rings is 1. The van der Waals surface area contributed by atoms with Crippen molar-refractivity contribution >= 4 is 5.95 Å². The maximum atomic E-state index is 10.4. The van der Waals surface area contributed by atoms with Crippen LogP contribution >= 0.6 is 0 Å². The Morgan fingerprint density at radius 2 is 2.11 bits per heavy atom. The van der Waals surface area contributed by atoms with E-state index < -0.39 is 0 Å². The van der Waals surface area contributed by atoms with Crippen LogP contribution in [0.4, 0.5) is 5.95 Å². The van der Waals surface area contributed by atoms with Gasteiger partial charge < -0.3 is 19.7 Å². The highest BCUT2D eigenvalue weighted by Crippen LogP contribution is 2.34. The number of phenols is 1. The first-order valence-electron chi connectivity index (χ1n) is 9.19. The number of hydrogen-bond donors (Lipinski definition) is 2. The van der Waals surface area contributed by atoms with Gasteiger partial charge in [-0.3, -0.25) is 0 Å². The molecule has 2 aromatic heterocycles. The first-order chi connectivity index (χ1) is 13.3. The summed E-state index contributed by atoms with van der Waals surface area (Å²) < 4.78 is 5.26. The molecule has 0 unspecified atom stereocenters. The summed E-state index contributed by atoms with van der Waals surface area (Å²) in [5, 5.41) is 22.6. The van der Waals surface area contributed by atoms with Crippen LogP contribution < -0.4 is 10.2 Å². The lowest BCUT2D eigenvalue weighted by molar-refractivity contribution is 0.414. The number of hydrogen-bond acceptors (Lipinski definition) is 8. The summed E-state index contributed by atoms with van der Waals surface area (Å²) in [6, 6.07) is 5.72. The van der Waals surface area contributed by atoms with E-state index in [0.29, 0.717) is 34.7 Å². The summed E-state index contributed by atoms with van der Waals surface area (Å²) in [4.78, 5) is 10.8. The van der Waals surface area contributed by atoms with Crippen molar-refractivity contribution in [2.45, 2.75) is 18.9 Å². The van der Waals surface area contributed by atoms with E-state index in [1.807, 2.05) is 6.07 Å². The molecular formula is C19H20N6O2. The molecule has 1 aliphatic heterocycles. The van der Waals surface area contributed by atoms with Gasteiger partial charge in [0, 0.05) is 36.8 Å². The molecule has 2 fully saturated rings. The average Bonchev–Trinajstić information content (AvgIpc) is 3.42. The molecule has 0 radical (unpaired) electrons. The Balaban J connectivity index is 1.35. The van der Waals surface area contributed by atoms with Crippen molar-refractivity contribution in [1.29, 1.82) is 0 Å². The predicted octanol–water partition coefficient (Wildman–Crippen LogP) is 2.09. The van der Waals surface area contributed by atoms with Crippen LogP contribution in [0, 0.1) is 5.92 Å². The zero-order valence-corrected chi connectivity index (χ0v) is 14.7. The standard InChI is InChI=1S/C19H20N6O2/c26-17-9-13(18-21-6-8-27-18)3-4-14(17)15-10-22-19(24-23-15)25-7-5-20-16(11-25)12-1-2-12/h3-4,6,8-10,12,16,20,26H,1-2,5,7,11H2/t16-/m1/s1. The summed E-state index contributed by atoms with van der Waals surface area (Å²) in [7, 11) is 0. The number of aromatic nitrogens is 4. The van der Waals surface area contributed by atoms with Gasteiger partial charge in [0.2, 0.25) is 11.8 Å². The smallest absolute Gasteiger partial charge is 0.245 e. The van der Waals surface area contributed by atoms with Crippen LogP contribution in [0.3, 0.4) is 0 Å². The van der Waals surface area contributed by atoms with E-state index >= 15 is 0 Å². The van der Waals surface area contributed by atoms with Crippen molar-refractivity contribution in [2.75, 3.05) is 24.5 Å². The van der Waals surface area contributed by atoms with Gasteiger partial charge in [0.05, 0.1) is 12.4 Å². The molecule has 1 aromatic carbocycles. The normalized spacial score (nSPS) is 20.0. The van der Waals surface area contributed by atoms with Crippen LogP contribution in [0.2, 0.25) is 0 Å². The molecule has 8 heteroatoms. The van der Waals surface area contributed by atoms with E-state index in [1.54, 1.807) is 24.5 Å². The first kappa shape index (κ1) is 16.2. The molecule has 27 heavy (non-hydrogen) atoms. The van der Waals surface area contributed by atoms with Crippen LogP contribution in [0.5, 0.6) is 5.75 Å². The molecule has 0 amide bonds. The lowest BCUT2D eigenvalue weighted by atomic mass is 10.1. The second-order valence-corrected chi connectivity index (χ2v) is 7.06. The van der Waals surface area contributed by atoms with Gasteiger partial charge >= 0.3 is 0 Å². The van der Waals surface area contributed by atoms with Crippen LogP contribution in [0.25, 0.3) is 22.7 Å². The second-order valence-electron chi connectivity index (χ2n) is 7.06. The van der Waals surface area contributed by atoms with E-state index in [9.17, 15) is 5.11 Å². The monoisotopic (exact) mass is 364 g/mol. The maximum absolute atomic E-state index is 10.4. The molecule has 0 spiro atoms. The van der Waals surface area contributed by atoms with Gasteiger partial charge in [0.1, 0.15) is 17.7 Å². The molecule has 1 atom stereocenters. The third-order valence-corrected chi connectivity index (χ3v) is 5.18. The van der Waals surface area contributed by atoms with Crippen molar-refractivity contribution in [2.24, 2.45) is 5.92 Å². The number of nitrogens with zero attached hydrogens (tertiary/aromatic N) is 5. The maximum Gasteiger partial charge on any atom is 0.245 e. The highest BCUT2D eigenvalue weighted by molar-refractivity contribution is 5.71. The Labute approximate surface area is 156 Å². The summed E-state index contributed by atoms with van der Waals surface area (Å²) in [6.07, 6.45) is 7.35. The van der Waals surface area contributed by atoms with Crippen molar-refractivity contribution in [3.63, 3.8) is 0 Å². The SMILES string of the molecule is Oc1cc(-c2ncco2)ccc1-c1cnc(N2CCN[C@@H](C3CC3)C2)nn1. The topological polar surface area (TPSA) is 100 Å². The van der Waals surface area contributed by atoms with Crippen molar-refractivity contribution < 1.29 is 9.52 Å². The molecular weight excluding hydrogens is 344 g/mol. The van der Waals surface area contributed by atoms with Crippen LogP contribution in [-0.4, -0.2) is 50.9 Å². The van der Waals surface area contributed by atoms with Gasteiger partial charge in [-0.2, -0.15) is 0 Å². The number of benzene rings is 1. The summed E-state index contributed by atoms with van der Waals surface area (Å²) in [5.74, 6) is 1.98. The minimum absolute atomic E-state index is 0.0884. The Morgan fingerprint density at radius 3 is 2.81 bits per heavy atom. The molecule has 138 valence electrons. The van der Waals surface area contributed by atoms with Gasteiger partial charge in [-0.1, -0.05) is 0 Å². The van der Waals surface area contributed by atoms with Gasteiger partial charge in [-0.25, -0.2) is 9.97 Å². The van der Waals surface area contributed by atoms with Crippen LogP contribution in [0.1, 0.15) is 12.8 Å². The van der Waals surface area contributed by atoms with E-state index in [0.717, 1.165) is 25.6 Å². The van der Waals surface area contributed by atoms with E-state index in [4.69, 9.17) is 4.42 Å². The highest BCUT2D eigenvalue weighted by Gasteiger charge is 2.34. The van der Waals surface area contributed by atoms with Gasteiger partial charge in [-0.15, -0.1) is 10.2 Å². The van der Waals surface area contributed by atoms with Crippen LogP contribution in [0.15, 0.2) is 41.3 Å². The summed E-state index contributed by atoms with van der Waals surface area (Å²) in [6.45, 7) is 2.73. The van der Waals surface area contributed by atoms with Crippen molar-refractivity contribution in [3.05, 3.63) is 36.9 Å². The van der Waals surface area contributed by atoms with Crippen LogP contribution in [-0.2, 0) is 0 Å². The molecule has 3 heterocycles. The molecule has 1 saturated carbocycles. The third kappa shape index (κ3) is 3.23. The number of nitrogens with one attached hydrogen (secondary N) is 1. The number of piperazine rings is 1. The third-order valence-electron chi connectivity index (χ3n) is 5.18. The van der Waals surface area contributed by atoms with E-state index in [-0.39, 0.29) is 5.75 Å². The molecule has 0 bridgehead atoms. The Kier molecular flexibility index (Phi) is 3.97. The Hall–Kier alpha value is -3.00. The van der Waals surface area contributed by atoms with Crippen molar-refractivity contribution in [3.8, 4) is 28.5 Å².